The molecule has 3 nitrogen and oxygen atoms in total. The lowest BCUT2D eigenvalue weighted by molar-refractivity contribution is 0.404. The summed E-state index contributed by atoms with van der Waals surface area (Å²) in [4.78, 5) is 0. The van der Waals surface area contributed by atoms with Crippen LogP contribution in [0.1, 0.15) is 33.9 Å². The van der Waals surface area contributed by atoms with Crippen LogP contribution >= 0.6 is 0 Å². The molecule has 0 amide bonds. The number of hydrazine groups is 1. The second-order valence-electron chi connectivity index (χ2n) is 5.21. The van der Waals surface area contributed by atoms with Crippen LogP contribution in [0.3, 0.4) is 0 Å². The van der Waals surface area contributed by atoms with E-state index in [-0.39, 0.29) is 6.04 Å². The van der Waals surface area contributed by atoms with Crippen LogP contribution in [-0.4, -0.2) is 7.11 Å². The van der Waals surface area contributed by atoms with Crippen LogP contribution in [0.15, 0.2) is 36.4 Å². The van der Waals surface area contributed by atoms with E-state index in [0.717, 1.165) is 11.3 Å². The molecule has 2 rings (SSSR count). The Hall–Kier alpha value is -1.84. The van der Waals surface area contributed by atoms with Crippen molar-refractivity contribution in [2.24, 2.45) is 5.84 Å². The third kappa shape index (κ3) is 2.84. The number of methoxy groups -OCH3 is 1. The van der Waals surface area contributed by atoms with Gasteiger partial charge >= 0.3 is 0 Å². The van der Waals surface area contributed by atoms with Crippen molar-refractivity contribution in [2.45, 2.75) is 26.8 Å². The van der Waals surface area contributed by atoms with Gasteiger partial charge in [-0.15, -0.1) is 0 Å². The predicted octanol–water partition coefficient (Wildman–Crippen LogP) is 3.17. The topological polar surface area (TPSA) is 47.3 Å². The molecule has 1 unspecified atom stereocenters. The molecule has 1 atom stereocenters. The second kappa shape index (κ2) is 6.07. The van der Waals surface area contributed by atoms with Gasteiger partial charge in [-0.2, -0.15) is 0 Å². The lowest BCUT2D eigenvalue weighted by Gasteiger charge is -2.22. The summed E-state index contributed by atoms with van der Waals surface area (Å²) in [6.45, 7) is 6.27. The summed E-state index contributed by atoms with van der Waals surface area (Å²) >= 11 is 0. The van der Waals surface area contributed by atoms with Crippen molar-refractivity contribution < 1.29 is 4.74 Å². The molecule has 2 aromatic carbocycles. The van der Waals surface area contributed by atoms with E-state index in [0.29, 0.717) is 0 Å². The van der Waals surface area contributed by atoms with Gasteiger partial charge in [0.15, 0.2) is 0 Å². The van der Waals surface area contributed by atoms with Gasteiger partial charge in [0.05, 0.1) is 13.2 Å². The molecule has 0 saturated heterocycles. The molecule has 0 saturated carbocycles. The van der Waals surface area contributed by atoms with Crippen molar-refractivity contribution in [3.05, 3.63) is 64.2 Å². The first-order valence-electron chi connectivity index (χ1n) is 6.74. The molecule has 0 aromatic heterocycles. The number of nitrogens with one attached hydrogen (secondary N) is 1. The number of aryl methyl sites for hydroxylation is 3. The molecule has 106 valence electrons. The SMILES string of the molecule is COc1ccc(C)cc1C(NN)c1ccc(C)cc1C. The predicted molar refractivity (Wildman–Crippen MR) is 82.8 cm³/mol. The van der Waals surface area contributed by atoms with E-state index in [2.05, 4.69) is 50.5 Å². The summed E-state index contributed by atoms with van der Waals surface area (Å²) in [5, 5.41) is 0. The van der Waals surface area contributed by atoms with E-state index in [9.17, 15) is 0 Å². The first kappa shape index (κ1) is 14.6. The van der Waals surface area contributed by atoms with Gasteiger partial charge in [-0.25, -0.2) is 5.43 Å². The molecule has 2 aromatic rings. The molecule has 3 N–H and O–H groups in total. The number of benzene rings is 2. The number of ether oxygens (including phenoxy) is 1. The summed E-state index contributed by atoms with van der Waals surface area (Å²) in [6.07, 6.45) is 0. The lowest BCUT2D eigenvalue weighted by Crippen LogP contribution is -2.29. The Bertz CT molecular complexity index is 608. The zero-order valence-corrected chi connectivity index (χ0v) is 12.5. The van der Waals surface area contributed by atoms with Crippen molar-refractivity contribution in [1.82, 2.24) is 5.43 Å². The quantitative estimate of drug-likeness (QED) is 0.662. The van der Waals surface area contributed by atoms with Crippen molar-refractivity contribution >= 4 is 0 Å². The Morgan fingerprint density at radius 2 is 1.60 bits per heavy atom. The van der Waals surface area contributed by atoms with Crippen LogP contribution < -0.4 is 16.0 Å². The summed E-state index contributed by atoms with van der Waals surface area (Å²) in [6, 6.07) is 12.5. The highest BCUT2D eigenvalue weighted by Gasteiger charge is 2.18. The highest BCUT2D eigenvalue weighted by Crippen LogP contribution is 2.32. The van der Waals surface area contributed by atoms with E-state index in [1.807, 2.05) is 12.1 Å². The summed E-state index contributed by atoms with van der Waals surface area (Å²) in [7, 11) is 1.68. The Morgan fingerprint density at radius 3 is 2.20 bits per heavy atom. The molecule has 3 heteroatoms. The third-order valence-corrected chi connectivity index (χ3v) is 3.60. The largest absolute Gasteiger partial charge is 0.496 e. The zero-order chi connectivity index (χ0) is 14.7. The first-order chi connectivity index (χ1) is 9.56. The average molecular weight is 270 g/mol. The lowest BCUT2D eigenvalue weighted by atomic mass is 9.93. The monoisotopic (exact) mass is 270 g/mol. The van der Waals surface area contributed by atoms with Gasteiger partial charge in [-0.1, -0.05) is 41.5 Å². The standard InChI is InChI=1S/C17H22N2O/c1-11-5-7-14(13(3)9-11)17(19-18)15-10-12(2)6-8-16(15)20-4/h5-10,17,19H,18H2,1-4H3. The van der Waals surface area contributed by atoms with Crippen molar-refractivity contribution in [3.63, 3.8) is 0 Å². The van der Waals surface area contributed by atoms with Gasteiger partial charge in [0.1, 0.15) is 5.75 Å². The van der Waals surface area contributed by atoms with Gasteiger partial charge in [0.2, 0.25) is 0 Å². The van der Waals surface area contributed by atoms with Crippen LogP contribution in [-0.2, 0) is 0 Å². The van der Waals surface area contributed by atoms with Crippen LogP contribution in [0, 0.1) is 20.8 Å². The molecule has 0 heterocycles. The molecule has 20 heavy (non-hydrogen) atoms. The molecule has 0 radical (unpaired) electrons. The minimum absolute atomic E-state index is 0.0783. The highest BCUT2D eigenvalue weighted by molar-refractivity contribution is 5.46. The normalized spacial score (nSPS) is 12.2. The maximum atomic E-state index is 5.81. The van der Waals surface area contributed by atoms with E-state index in [4.69, 9.17) is 10.6 Å². The van der Waals surface area contributed by atoms with Gasteiger partial charge in [-0.05, 0) is 38.0 Å². The van der Waals surface area contributed by atoms with Gasteiger partial charge in [-0.3, -0.25) is 5.84 Å². The van der Waals surface area contributed by atoms with E-state index in [1.165, 1.54) is 22.3 Å². The van der Waals surface area contributed by atoms with Crippen LogP contribution in [0.5, 0.6) is 5.75 Å². The Kier molecular flexibility index (Phi) is 4.42. The van der Waals surface area contributed by atoms with Crippen LogP contribution in [0.4, 0.5) is 0 Å². The third-order valence-electron chi connectivity index (χ3n) is 3.60. The maximum absolute atomic E-state index is 5.81. The van der Waals surface area contributed by atoms with Crippen LogP contribution in [0.2, 0.25) is 0 Å². The Morgan fingerprint density at radius 1 is 0.950 bits per heavy atom. The van der Waals surface area contributed by atoms with Crippen molar-refractivity contribution in [1.29, 1.82) is 0 Å². The van der Waals surface area contributed by atoms with E-state index < -0.39 is 0 Å². The molecule has 0 aliphatic carbocycles. The second-order valence-corrected chi connectivity index (χ2v) is 5.21. The first-order valence-corrected chi connectivity index (χ1v) is 6.74. The number of rotatable bonds is 4. The summed E-state index contributed by atoms with van der Waals surface area (Å²) < 4.78 is 5.47. The fraction of sp³-hybridized carbons (Fsp3) is 0.294. The highest BCUT2D eigenvalue weighted by atomic mass is 16.5. The molecule has 0 bridgehead atoms. The Labute approximate surface area is 120 Å². The molecule has 0 spiro atoms. The van der Waals surface area contributed by atoms with E-state index in [1.54, 1.807) is 7.11 Å². The average Bonchev–Trinajstić information content (AvgIpc) is 2.42. The molecule has 0 fully saturated rings. The Balaban J connectivity index is 2.54. The molecular formula is C17H22N2O. The fourth-order valence-corrected chi connectivity index (χ4v) is 2.58. The molecular weight excluding hydrogens is 248 g/mol. The molecule has 0 aliphatic rings. The van der Waals surface area contributed by atoms with Gasteiger partial charge < -0.3 is 4.74 Å². The van der Waals surface area contributed by atoms with Gasteiger partial charge in [0, 0.05) is 5.56 Å². The number of nitrogens with two attached hydrogens (primary N) is 1. The van der Waals surface area contributed by atoms with Crippen molar-refractivity contribution in [2.75, 3.05) is 7.11 Å². The maximum Gasteiger partial charge on any atom is 0.124 e. The minimum Gasteiger partial charge on any atom is -0.496 e. The summed E-state index contributed by atoms with van der Waals surface area (Å²) in [5.74, 6) is 6.66. The number of hydrogen-bond acceptors (Lipinski definition) is 3. The minimum atomic E-state index is -0.0783. The fourth-order valence-electron chi connectivity index (χ4n) is 2.58. The van der Waals surface area contributed by atoms with E-state index >= 15 is 0 Å². The summed E-state index contributed by atoms with van der Waals surface area (Å²) in [5.41, 5.74) is 8.80. The smallest absolute Gasteiger partial charge is 0.124 e. The zero-order valence-electron chi connectivity index (χ0n) is 12.5. The van der Waals surface area contributed by atoms with Crippen LogP contribution in [0.25, 0.3) is 0 Å². The van der Waals surface area contributed by atoms with Crippen molar-refractivity contribution in [3.8, 4) is 5.75 Å². The van der Waals surface area contributed by atoms with Gasteiger partial charge in [0.25, 0.3) is 0 Å². The molecule has 0 aliphatic heterocycles. The number of hydrogen-bond donors (Lipinski definition) is 2.